The largest absolute Gasteiger partial charge is 0.491 e. The summed E-state index contributed by atoms with van der Waals surface area (Å²) in [5.41, 5.74) is 3.10. The fourth-order valence-corrected chi connectivity index (χ4v) is 3.09. The number of fused-ring (bicyclic) bond motifs is 1. The topological polar surface area (TPSA) is 38.3 Å². The van der Waals surface area contributed by atoms with Crippen molar-refractivity contribution in [1.29, 1.82) is 0 Å². The van der Waals surface area contributed by atoms with E-state index in [9.17, 15) is 4.79 Å². The van der Waals surface area contributed by atoms with Gasteiger partial charge in [-0.2, -0.15) is 0 Å². The van der Waals surface area contributed by atoms with Gasteiger partial charge in [0.15, 0.2) is 0 Å². The van der Waals surface area contributed by atoms with E-state index in [1.807, 2.05) is 56.3 Å². The lowest BCUT2D eigenvalue weighted by atomic mass is 9.93. The summed E-state index contributed by atoms with van der Waals surface area (Å²) in [7, 11) is 0. The Morgan fingerprint density at radius 2 is 1.91 bits per heavy atom. The summed E-state index contributed by atoms with van der Waals surface area (Å²) >= 11 is 3.47. The van der Waals surface area contributed by atoms with Crippen LogP contribution in [0.2, 0.25) is 0 Å². The zero-order valence-corrected chi connectivity index (χ0v) is 14.2. The second-order valence-electron chi connectivity index (χ2n) is 5.79. The predicted octanol–water partition coefficient (Wildman–Crippen LogP) is 4.51. The van der Waals surface area contributed by atoms with Crippen LogP contribution in [0.1, 0.15) is 30.9 Å². The van der Waals surface area contributed by atoms with E-state index in [1.165, 1.54) is 0 Å². The van der Waals surface area contributed by atoms with E-state index in [0.29, 0.717) is 6.42 Å². The van der Waals surface area contributed by atoms with E-state index in [4.69, 9.17) is 4.74 Å². The molecule has 2 aromatic rings. The number of anilines is 1. The summed E-state index contributed by atoms with van der Waals surface area (Å²) in [5, 5.41) is 2.95. The molecule has 1 N–H and O–H groups in total. The maximum Gasteiger partial charge on any atom is 0.232 e. The number of halogens is 1. The van der Waals surface area contributed by atoms with Crippen LogP contribution < -0.4 is 10.1 Å². The predicted molar refractivity (Wildman–Crippen MR) is 91.4 cm³/mol. The van der Waals surface area contributed by atoms with Gasteiger partial charge in [0.1, 0.15) is 5.75 Å². The fraction of sp³-hybridized carbons (Fsp3) is 0.278. The molecule has 0 spiro atoms. The van der Waals surface area contributed by atoms with Gasteiger partial charge < -0.3 is 10.1 Å². The molecule has 1 atom stereocenters. The molecule has 114 valence electrons. The summed E-state index contributed by atoms with van der Waals surface area (Å²) < 4.78 is 6.64. The molecular weight excluding hydrogens is 342 g/mol. The van der Waals surface area contributed by atoms with Crippen LogP contribution in [0.25, 0.3) is 0 Å². The van der Waals surface area contributed by atoms with Gasteiger partial charge in [-0.1, -0.05) is 28.1 Å². The number of nitrogens with one attached hydrogen (secondary N) is 1. The number of carbonyl (C=O) groups excluding carboxylic acids is 1. The van der Waals surface area contributed by atoms with Crippen molar-refractivity contribution in [3.05, 3.63) is 58.1 Å². The molecule has 2 aromatic carbocycles. The molecule has 3 rings (SSSR count). The summed E-state index contributed by atoms with van der Waals surface area (Å²) in [6, 6.07) is 13.9. The van der Waals surface area contributed by atoms with Crippen molar-refractivity contribution < 1.29 is 9.53 Å². The van der Waals surface area contributed by atoms with Gasteiger partial charge in [0.05, 0.1) is 12.0 Å². The lowest BCUT2D eigenvalue weighted by molar-refractivity contribution is -0.117. The lowest BCUT2D eigenvalue weighted by Crippen LogP contribution is -2.14. The Morgan fingerprint density at radius 1 is 1.18 bits per heavy atom. The highest BCUT2D eigenvalue weighted by molar-refractivity contribution is 9.10. The molecule has 0 saturated heterocycles. The van der Waals surface area contributed by atoms with Gasteiger partial charge >= 0.3 is 0 Å². The van der Waals surface area contributed by atoms with E-state index in [1.54, 1.807) is 0 Å². The van der Waals surface area contributed by atoms with E-state index in [2.05, 4.69) is 21.2 Å². The van der Waals surface area contributed by atoms with Gasteiger partial charge in [-0.25, -0.2) is 0 Å². The Kier molecular flexibility index (Phi) is 4.21. The second-order valence-corrected chi connectivity index (χ2v) is 6.70. The minimum atomic E-state index is -0.135. The zero-order chi connectivity index (χ0) is 15.7. The molecule has 0 bridgehead atoms. The van der Waals surface area contributed by atoms with Crippen molar-refractivity contribution >= 4 is 27.5 Å². The first-order valence-corrected chi connectivity index (χ1v) is 8.18. The van der Waals surface area contributed by atoms with Crippen LogP contribution in [0.4, 0.5) is 5.69 Å². The van der Waals surface area contributed by atoms with Crippen LogP contribution in [0.15, 0.2) is 46.9 Å². The third-order valence-electron chi connectivity index (χ3n) is 3.70. The quantitative estimate of drug-likeness (QED) is 0.871. The maximum absolute atomic E-state index is 12.2. The molecule has 4 heteroatoms. The van der Waals surface area contributed by atoms with Crippen LogP contribution in [0, 0.1) is 0 Å². The minimum absolute atomic E-state index is 0.0654. The molecule has 1 amide bonds. The van der Waals surface area contributed by atoms with Gasteiger partial charge in [0.2, 0.25) is 5.91 Å². The number of rotatable bonds is 4. The molecule has 0 fully saturated rings. The molecule has 0 aliphatic carbocycles. The molecule has 1 unspecified atom stereocenters. The van der Waals surface area contributed by atoms with Gasteiger partial charge in [0, 0.05) is 10.2 Å². The van der Waals surface area contributed by atoms with Gasteiger partial charge in [-0.15, -0.1) is 0 Å². The first kappa shape index (κ1) is 15.1. The van der Waals surface area contributed by atoms with Crippen molar-refractivity contribution in [2.75, 3.05) is 5.32 Å². The smallest absolute Gasteiger partial charge is 0.232 e. The van der Waals surface area contributed by atoms with Crippen molar-refractivity contribution in [2.24, 2.45) is 0 Å². The molecule has 22 heavy (non-hydrogen) atoms. The number of hydrogen-bond acceptors (Lipinski definition) is 2. The van der Waals surface area contributed by atoms with E-state index in [0.717, 1.165) is 27.0 Å². The third-order valence-corrected chi connectivity index (χ3v) is 4.19. The summed E-state index contributed by atoms with van der Waals surface area (Å²) in [6.45, 7) is 4.01. The molecule has 1 aliphatic rings. The Balaban J connectivity index is 1.79. The molecule has 1 aliphatic heterocycles. The van der Waals surface area contributed by atoms with Crippen LogP contribution >= 0.6 is 15.9 Å². The van der Waals surface area contributed by atoms with Crippen molar-refractivity contribution in [3.63, 3.8) is 0 Å². The number of ether oxygens (including phenoxy) is 1. The molecule has 1 heterocycles. The first-order chi connectivity index (χ1) is 10.5. The summed E-state index contributed by atoms with van der Waals surface area (Å²) in [6.07, 6.45) is 0.854. The zero-order valence-electron chi connectivity index (χ0n) is 12.6. The van der Waals surface area contributed by atoms with Crippen molar-refractivity contribution in [2.45, 2.75) is 32.3 Å². The first-order valence-electron chi connectivity index (χ1n) is 7.39. The van der Waals surface area contributed by atoms with Crippen molar-refractivity contribution in [3.8, 4) is 5.75 Å². The van der Waals surface area contributed by atoms with Crippen molar-refractivity contribution in [1.82, 2.24) is 0 Å². The second kappa shape index (κ2) is 6.13. The van der Waals surface area contributed by atoms with Crippen LogP contribution in [0.3, 0.4) is 0 Å². The highest BCUT2D eigenvalue weighted by atomic mass is 79.9. The van der Waals surface area contributed by atoms with E-state index >= 15 is 0 Å². The number of hydrogen-bond donors (Lipinski definition) is 1. The fourth-order valence-electron chi connectivity index (χ4n) is 2.71. The highest BCUT2D eigenvalue weighted by Gasteiger charge is 2.30. The Bertz CT molecular complexity index is 695. The Hall–Kier alpha value is -1.81. The van der Waals surface area contributed by atoms with Crippen LogP contribution in [-0.4, -0.2) is 12.0 Å². The Morgan fingerprint density at radius 3 is 2.59 bits per heavy atom. The Labute approximate surface area is 138 Å². The number of amides is 1. The van der Waals surface area contributed by atoms with Crippen LogP contribution in [0.5, 0.6) is 5.75 Å². The summed E-state index contributed by atoms with van der Waals surface area (Å²) in [5.74, 6) is 0.790. The van der Waals surface area contributed by atoms with Crippen LogP contribution in [-0.2, 0) is 11.2 Å². The average Bonchev–Trinajstić information content (AvgIpc) is 2.76. The number of benzene rings is 2. The molecule has 0 saturated carbocycles. The molecule has 0 radical (unpaired) electrons. The van der Waals surface area contributed by atoms with Gasteiger partial charge in [-0.3, -0.25) is 4.79 Å². The maximum atomic E-state index is 12.2. The molecular formula is C18H18BrNO2. The minimum Gasteiger partial charge on any atom is -0.491 e. The lowest BCUT2D eigenvalue weighted by Gasteiger charge is -2.12. The normalized spacial score (nSPS) is 16.5. The highest BCUT2D eigenvalue weighted by Crippen LogP contribution is 2.36. The average molecular weight is 360 g/mol. The number of carbonyl (C=O) groups is 1. The summed E-state index contributed by atoms with van der Waals surface area (Å²) in [4.78, 5) is 12.2. The van der Waals surface area contributed by atoms with Gasteiger partial charge in [-0.05, 0) is 61.7 Å². The van der Waals surface area contributed by atoms with E-state index < -0.39 is 0 Å². The van der Waals surface area contributed by atoms with Gasteiger partial charge in [0.25, 0.3) is 0 Å². The van der Waals surface area contributed by atoms with E-state index in [-0.39, 0.29) is 17.9 Å². The molecule has 0 aromatic heterocycles. The SMILES string of the molecule is CC(C)Oc1ccc(CC2C(=O)Nc3ccc(Br)cc32)cc1. The molecule has 3 nitrogen and oxygen atoms in total. The monoisotopic (exact) mass is 359 g/mol. The standard InChI is InChI=1S/C18H18BrNO2/c1-11(2)22-14-6-3-12(4-7-14)9-16-15-10-13(19)5-8-17(15)20-18(16)21/h3-8,10-11,16H,9H2,1-2H3,(H,20,21). The third kappa shape index (κ3) is 3.17.